The molecule has 0 aliphatic heterocycles. The summed E-state index contributed by atoms with van der Waals surface area (Å²) in [5.74, 6) is 0.616. The van der Waals surface area contributed by atoms with Crippen molar-refractivity contribution >= 4 is 26.7 Å². The summed E-state index contributed by atoms with van der Waals surface area (Å²) in [4.78, 5) is 8.24. The first kappa shape index (κ1) is 9.54. The van der Waals surface area contributed by atoms with Gasteiger partial charge in [-0.1, -0.05) is 6.07 Å². The number of hydrogen-bond donors (Lipinski definition) is 0. The van der Waals surface area contributed by atoms with Crippen LogP contribution in [0.5, 0.6) is 0 Å². The highest BCUT2D eigenvalue weighted by Gasteiger charge is 2.05. The molecule has 0 saturated heterocycles. The molecule has 0 saturated carbocycles. The first-order chi connectivity index (χ1) is 7.83. The summed E-state index contributed by atoms with van der Waals surface area (Å²) in [6.07, 6.45) is 5.26. The van der Waals surface area contributed by atoms with Gasteiger partial charge in [0, 0.05) is 23.3 Å². The SMILES string of the molecule is Brc1cnc(-c2ccc3cnccc3c2)o1. The fourth-order valence-corrected chi connectivity index (χ4v) is 1.86. The Morgan fingerprint density at radius 1 is 1.06 bits per heavy atom. The zero-order chi connectivity index (χ0) is 11.0. The second-order valence-electron chi connectivity index (χ2n) is 3.41. The predicted molar refractivity (Wildman–Crippen MR) is 64.9 cm³/mol. The Kier molecular flexibility index (Phi) is 2.22. The molecule has 4 heteroatoms. The number of fused-ring (bicyclic) bond motifs is 1. The predicted octanol–water partition coefficient (Wildman–Crippen LogP) is 3.65. The molecule has 0 fully saturated rings. The van der Waals surface area contributed by atoms with Gasteiger partial charge in [-0.15, -0.1) is 0 Å². The van der Waals surface area contributed by atoms with Crippen molar-refractivity contribution in [1.29, 1.82) is 0 Å². The van der Waals surface area contributed by atoms with Crippen molar-refractivity contribution in [3.8, 4) is 11.5 Å². The molecule has 16 heavy (non-hydrogen) atoms. The van der Waals surface area contributed by atoms with Gasteiger partial charge in [-0.05, 0) is 39.5 Å². The highest BCUT2D eigenvalue weighted by molar-refractivity contribution is 9.10. The molecule has 78 valence electrons. The summed E-state index contributed by atoms with van der Waals surface area (Å²) in [7, 11) is 0. The lowest BCUT2D eigenvalue weighted by atomic mass is 10.1. The summed E-state index contributed by atoms with van der Waals surface area (Å²) in [6, 6.07) is 7.99. The molecule has 0 unspecified atom stereocenters. The van der Waals surface area contributed by atoms with Gasteiger partial charge >= 0.3 is 0 Å². The molecule has 1 aromatic carbocycles. The summed E-state index contributed by atoms with van der Waals surface area (Å²) >= 11 is 3.24. The molecule has 0 aliphatic rings. The number of halogens is 1. The van der Waals surface area contributed by atoms with Crippen LogP contribution in [-0.4, -0.2) is 9.97 Å². The molecule has 0 spiro atoms. The van der Waals surface area contributed by atoms with E-state index in [0.717, 1.165) is 16.3 Å². The van der Waals surface area contributed by atoms with Crippen molar-refractivity contribution in [1.82, 2.24) is 9.97 Å². The first-order valence-corrected chi connectivity index (χ1v) is 5.58. The van der Waals surface area contributed by atoms with Crippen molar-refractivity contribution in [2.24, 2.45) is 0 Å². The van der Waals surface area contributed by atoms with E-state index in [1.807, 2.05) is 30.5 Å². The molecule has 0 amide bonds. The number of aromatic nitrogens is 2. The summed E-state index contributed by atoms with van der Waals surface area (Å²) in [6.45, 7) is 0. The lowest BCUT2D eigenvalue weighted by Gasteiger charge is -1.99. The minimum Gasteiger partial charge on any atom is -0.429 e. The Balaban J connectivity index is 2.18. The molecule has 0 atom stereocenters. The van der Waals surface area contributed by atoms with Crippen molar-refractivity contribution in [2.75, 3.05) is 0 Å². The average molecular weight is 275 g/mol. The van der Waals surface area contributed by atoms with E-state index >= 15 is 0 Å². The van der Waals surface area contributed by atoms with Gasteiger partial charge in [0.25, 0.3) is 0 Å². The largest absolute Gasteiger partial charge is 0.429 e. The highest BCUT2D eigenvalue weighted by atomic mass is 79.9. The number of pyridine rings is 1. The van der Waals surface area contributed by atoms with Crippen LogP contribution in [0, 0.1) is 0 Å². The minimum absolute atomic E-state index is 0.616. The van der Waals surface area contributed by atoms with E-state index in [2.05, 4.69) is 25.9 Å². The molecule has 0 bridgehead atoms. The van der Waals surface area contributed by atoms with Crippen molar-refractivity contribution in [2.45, 2.75) is 0 Å². The van der Waals surface area contributed by atoms with E-state index in [0.29, 0.717) is 10.6 Å². The lowest BCUT2D eigenvalue weighted by Crippen LogP contribution is -1.79. The molecule has 3 nitrogen and oxygen atoms in total. The maximum atomic E-state index is 5.41. The quantitative estimate of drug-likeness (QED) is 0.680. The molecule has 2 heterocycles. The number of nitrogens with zero attached hydrogens (tertiary/aromatic N) is 2. The van der Waals surface area contributed by atoms with E-state index in [1.165, 1.54) is 0 Å². The van der Waals surface area contributed by atoms with Crippen LogP contribution >= 0.6 is 15.9 Å². The third-order valence-electron chi connectivity index (χ3n) is 2.36. The number of hydrogen-bond acceptors (Lipinski definition) is 3. The smallest absolute Gasteiger partial charge is 0.227 e. The Morgan fingerprint density at radius 3 is 2.81 bits per heavy atom. The summed E-state index contributed by atoms with van der Waals surface area (Å²) in [5.41, 5.74) is 0.962. The molecule has 0 radical (unpaired) electrons. The first-order valence-electron chi connectivity index (χ1n) is 4.78. The fraction of sp³-hybridized carbons (Fsp3) is 0. The zero-order valence-corrected chi connectivity index (χ0v) is 9.81. The van der Waals surface area contributed by atoms with Crippen LogP contribution in [-0.2, 0) is 0 Å². The minimum atomic E-state index is 0.616. The Labute approximate surface area is 100 Å². The third-order valence-corrected chi connectivity index (χ3v) is 2.73. The normalized spacial score (nSPS) is 10.8. The second-order valence-corrected chi connectivity index (χ2v) is 4.19. The van der Waals surface area contributed by atoms with Crippen LogP contribution in [0.25, 0.3) is 22.2 Å². The Bertz CT molecular complexity index is 648. The highest BCUT2D eigenvalue weighted by Crippen LogP contribution is 2.25. The fourth-order valence-electron chi connectivity index (χ4n) is 1.60. The molecular formula is C12H7BrN2O. The van der Waals surface area contributed by atoms with Crippen LogP contribution in [0.4, 0.5) is 0 Å². The van der Waals surface area contributed by atoms with Gasteiger partial charge in [-0.3, -0.25) is 4.98 Å². The molecule has 3 rings (SSSR count). The maximum Gasteiger partial charge on any atom is 0.227 e. The van der Waals surface area contributed by atoms with Crippen LogP contribution in [0.15, 0.2) is 51.9 Å². The molecular weight excluding hydrogens is 268 g/mol. The van der Waals surface area contributed by atoms with Gasteiger partial charge in [-0.25, -0.2) is 4.98 Å². The van der Waals surface area contributed by atoms with Crippen molar-refractivity contribution in [3.05, 3.63) is 47.5 Å². The molecule has 0 aliphatic carbocycles. The number of rotatable bonds is 1. The Hall–Kier alpha value is -1.68. The molecule has 2 aromatic heterocycles. The van der Waals surface area contributed by atoms with E-state index in [-0.39, 0.29) is 0 Å². The third kappa shape index (κ3) is 1.61. The van der Waals surface area contributed by atoms with Crippen LogP contribution < -0.4 is 0 Å². The van der Waals surface area contributed by atoms with Gasteiger partial charge < -0.3 is 4.42 Å². The number of benzene rings is 1. The van der Waals surface area contributed by atoms with Gasteiger partial charge in [0.15, 0.2) is 4.67 Å². The Morgan fingerprint density at radius 2 is 2.00 bits per heavy atom. The van der Waals surface area contributed by atoms with Crippen LogP contribution in [0.2, 0.25) is 0 Å². The average Bonchev–Trinajstić information content (AvgIpc) is 2.75. The van der Waals surface area contributed by atoms with Gasteiger partial charge in [0.1, 0.15) is 0 Å². The van der Waals surface area contributed by atoms with E-state index in [9.17, 15) is 0 Å². The van der Waals surface area contributed by atoms with Crippen molar-refractivity contribution in [3.63, 3.8) is 0 Å². The van der Waals surface area contributed by atoms with Gasteiger partial charge in [0.2, 0.25) is 5.89 Å². The van der Waals surface area contributed by atoms with E-state index in [4.69, 9.17) is 4.42 Å². The maximum absolute atomic E-state index is 5.41. The zero-order valence-electron chi connectivity index (χ0n) is 8.22. The van der Waals surface area contributed by atoms with E-state index in [1.54, 1.807) is 12.4 Å². The number of oxazole rings is 1. The van der Waals surface area contributed by atoms with E-state index < -0.39 is 0 Å². The molecule has 3 aromatic rings. The van der Waals surface area contributed by atoms with Crippen LogP contribution in [0.3, 0.4) is 0 Å². The summed E-state index contributed by atoms with van der Waals surface area (Å²) in [5, 5.41) is 2.23. The van der Waals surface area contributed by atoms with Crippen molar-refractivity contribution < 1.29 is 4.42 Å². The second kappa shape index (κ2) is 3.72. The molecule has 0 N–H and O–H groups in total. The monoisotopic (exact) mass is 274 g/mol. The lowest BCUT2D eigenvalue weighted by molar-refractivity contribution is 0.549. The van der Waals surface area contributed by atoms with Gasteiger partial charge in [-0.2, -0.15) is 0 Å². The standard InChI is InChI=1S/C12H7BrN2O/c13-11-7-15-12(16-11)9-1-2-10-6-14-4-3-8(10)5-9/h1-7H. The van der Waals surface area contributed by atoms with Crippen LogP contribution in [0.1, 0.15) is 0 Å². The topological polar surface area (TPSA) is 38.9 Å². The van der Waals surface area contributed by atoms with Gasteiger partial charge in [0.05, 0.1) is 6.20 Å². The summed E-state index contributed by atoms with van der Waals surface area (Å²) < 4.78 is 6.04.